The molecule has 1 amide bonds. The number of fused-ring (bicyclic) bond motifs is 1. The normalized spacial score (nSPS) is 14.3. The predicted octanol–water partition coefficient (Wildman–Crippen LogP) is 3.69. The molecular weight excluding hydrogens is 547 g/mol. The number of ether oxygens (including phenoxy) is 1. The van der Waals surface area contributed by atoms with Crippen molar-refractivity contribution >= 4 is 35.1 Å². The van der Waals surface area contributed by atoms with Crippen LogP contribution in [0.1, 0.15) is 24.1 Å². The molecule has 6 rings (SSSR count). The molecule has 13 nitrogen and oxygen atoms in total. The van der Waals surface area contributed by atoms with Gasteiger partial charge in [-0.2, -0.15) is 4.68 Å². The first-order chi connectivity index (χ1) is 18.9. The van der Waals surface area contributed by atoms with Gasteiger partial charge < -0.3 is 9.72 Å². The second kappa shape index (κ2) is 9.93. The summed E-state index contributed by atoms with van der Waals surface area (Å²) in [6.07, 6.45) is 3.52. The maximum Gasteiger partial charge on any atom is 0.412 e. The molecule has 1 aliphatic rings. The number of pyridine rings is 1. The zero-order valence-electron chi connectivity index (χ0n) is 20.2. The third-order valence-electron chi connectivity index (χ3n) is 6.25. The van der Waals surface area contributed by atoms with Gasteiger partial charge in [0.05, 0.1) is 24.5 Å². The van der Waals surface area contributed by atoms with Crippen LogP contribution in [0.2, 0.25) is 10.2 Å². The summed E-state index contributed by atoms with van der Waals surface area (Å²) in [6, 6.07) is 9.62. The van der Waals surface area contributed by atoms with Gasteiger partial charge in [0.1, 0.15) is 34.6 Å². The minimum Gasteiger partial charge on any atom is -0.453 e. The summed E-state index contributed by atoms with van der Waals surface area (Å²) in [5.74, 6) is 1.46. The van der Waals surface area contributed by atoms with Gasteiger partial charge in [-0.05, 0) is 47.2 Å². The molecule has 0 bridgehead atoms. The summed E-state index contributed by atoms with van der Waals surface area (Å²) < 4.78 is 7.67. The standard InChI is InChI=1S/C24H18Cl2N10O3/c1-39-24(38)30-18-6-2-12(10-27-18)21-22(26)32-23(31-21)17-5-7-19-29-15(9-20(37)36(17)19)14-8-13(25)3-4-16(14)35-11-28-33-34-35/h2-4,6,8-11,17H,5,7H2,1H3,(H,31,32)(H,27,30,38)/t17-/m0/s1. The zero-order valence-corrected chi connectivity index (χ0v) is 21.7. The van der Waals surface area contributed by atoms with Crippen molar-refractivity contribution in [3.05, 3.63) is 81.1 Å². The van der Waals surface area contributed by atoms with E-state index in [0.717, 1.165) is 0 Å². The minimum atomic E-state index is -0.626. The summed E-state index contributed by atoms with van der Waals surface area (Å²) >= 11 is 12.8. The highest BCUT2D eigenvalue weighted by atomic mass is 35.5. The molecule has 0 aliphatic carbocycles. The summed E-state index contributed by atoms with van der Waals surface area (Å²) in [5, 5.41) is 14.6. The van der Waals surface area contributed by atoms with E-state index < -0.39 is 6.09 Å². The molecule has 0 radical (unpaired) electrons. The van der Waals surface area contributed by atoms with Crippen molar-refractivity contribution in [2.45, 2.75) is 18.9 Å². The third-order valence-corrected chi connectivity index (χ3v) is 6.76. The molecule has 196 valence electrons. The van der Waals surface area contributed by atoms with Crippen LogP contribution in [0.15, 0.2) is 53.7 Å². The number of halogens is 2. The van der Waals surface area contributed by atoms with Crippen molar-refractivity contribution in [2.24, 2.45) is 0 Å². The Kier molecular flexibility index (Phi) is 6.29. The Balaban J connectivity index is 1.33. The molecule has 5 heterocycles. The number of aromatic amines is 1. The monoisotopic (exact) mass is 564 g/mol. The Bertz CT molecular complexity index is 1750. The van der Waals surface area contributed by atoms with Gasteiger partial charge in [0.25, 0.3) is 5.56 Å². The van der Waals surface area contributed by atoms with Crippen LogP contribution in [0.25, 0.3) is 28.2 Å². The molecule has 1 aromatic carbocycles. The number of tetrazole rings is 1. The third kappa shape index (κ3) is 4.62. The van der Waals surface area contributed by atoms with Gasteiger partial charge in [-0.25, -0.2) is 19.7 Å². The van der Waals surface area contributed by atoms with Gasteiger partial charge in [-0.15, -0.1) is 5.10 Å². The topological polar surface area (TPSA) is 158 Å². The number of aryl methyl sites for hydroxylation is 1. The zero-order chi connectivity index (χ0) is 27.1. The van der Waals surface area contributed by atoms with Crippen molar-refractivity contribution < 1.29 is 9.53 Å². The van der Waals surface area contributed by atoms with Crippen molar-refractivity contribution in [1.29, 1.82) is 0 Å². The Labute approximate surface area is 229 Å². The van der Waals surface area contributed by atoms with Crippen LogP contribution >= 0.6 is 23.2 Å². The maximum absolute atomic E-state index is 13.4. The van der Waals surface area contributed by atoms with Gasteiger partial charge >= 0.3 is 6.09 Å². The Morgan fingerprint density at radius 1 is 1.18 bits per heavy atom. The molecule has 1 aliphatic heterocycles. The number of hydrogen-bond acceptors (Lipinski definition) is 9. The van der Waals surface area contributed by atoms with E-state index in [2.05, 4.69) is 40.5 Å². The number of carbonyl (C=O) groups is 1. The van der Waals surface area contributed by atoms with Crippen molar-refractivity contribution in [3.63, 3.8) is 0 Å². The van der Waals surface area contributed by atoms with Crippen LogP contribution in [-0.2, 0) is 11.2 Å². The fourth-order valence-corrected chi connectivity index (χ4v) is 4.93. The Hall–Kier alpha value is -4.62. The first-order valence-electron chi connectivity index (χ1n) is 11.6. The molecule has 4 aromatic heterocycles. The molecular formula is C24H18Cl2N10O3. The predicted molar refractivity (Wildman–Crippen MR) is 141 cm³/mol. The van der Waals surface area contributed by atoms with E-state index in [0.29, 0.717) is 68.7 Å². The molecule has 5 aromatic rings. The summed E-state index contributed by atoms with van der Waals surface area (Å²) in [6.45, 7) is 0. The number of nitrogens with zero attached hydrogens (tertiary/aromatic N) is 8. The van der Waals surface area contributed by atoms with E-state index in [-0.39, 0.29) is 11.6 Å². The average Bonchev–Trinajstić information content (AvgIpc) is 3.69. The van der Waals surface area contributed by atoms with Crippen molar-refractivity contribution in [2.75, 3.05) is 12.4 Å². The Morgan fingerprint density at radius 2 is 2.05 bits per heavy atom. The quantitative estimate of drug-likeness (QED) is 0.324. The summed E-state index contributed by atoms with van der Waals surface area (Å²) in [5.41, 5.74) is 2.59. The second-order valence-corrected chi connectivity index (χ2v) is 9.38. The molecule has 0 saturated heterocycles. The largest absolute Gasteiger partial charge is 0.453 e. The van der Waals surface area contributed by atoms with Gasteiger partial charge in [-0.1, -0.05) is 23.2 Å². The second-order valence-electron chi connectivity index (χ2n) is 8.57. The van der Waals surface area contributed by atoms with E-state index in [4.69, 9.17) is 28.2 Å². The lowest BCUT2D eigenvalue weighted by Gasteiger charge is -2.14. The molecule has 0 unspecified atom stereocenters. The average molecular weight is 565 g/mol. The van der Waals surface area contributed by atoms with Gasteiger partial charge in [0, 0.05) is 34.8 Å². The molecule has 39 heavy (non-hydrogen) atoms. The van der Waals surface area contributed by atoms with Crippen molar-refractivity contribution in [1.82, 2.24) is 44.7 Å². The van der Waals surface area contributed by atoms with Crippen LogP contribution in [0.5, 0.6) is 0 Å². The summed E-state index contributed by atoms with van der Waals surface area (Å²) in [7, 11) is 1.27. The van der Waals surface area contributed by atoms with Crippen LogP contribution in [0.4, 0.5) is 10.6 Å². The lowest BCUT2D eigenvalue weighted by Crippen LogP contribution is -2.25. The van der Waals surface area contributed by atoms with Crippen LogP contribution in [0, 0.1) is 0 Å². The number of aromatic nitrogens is 9. The smallest absolute Gasteiger partial charge is 0.412 e. The number of anilines is 1. The van der Waals surface area contributed by atoms with Gasteiger partial charge in [-0.3, -0.25) is 14.7 Å². The lowest BCUT2D eigenvalue weighted by atomic mass is 10.1. The van der Waals surface area contributed by atoms with Crippen LogP contribution < -0.4 is 10.9 Å². The number of benzene rings is 1. The fourth-order valence-electron chi connectivity index (χ4n) is 4.51. The number of methoxy groups -OCH3 is 1. The van der Waals surface area contributed by atoms with E-state index in [1.165, 1.54) is 30.4 Å². The Morgan fingerprint density at radius 3 is 2.79 bits per heavy atom. The number of amides is 1. The highest BCUT2D eigenvalue weighted by Crippen LogP contribution is 2.34. The van der Waals surface area contributed by atoms with E-state index in [1.807, 2.05) is 0 Å². The number of imidazole rings is 1. The highest BCUT2D eigenvalue weighted by Gasteiger charge is 2.30. The first-order valence-corrected chi connectivity index (χ1v) is 12.4. The van der Waals surface area contributed by atoms with Crippen LogP contribution in [0.3, 0.4) is 0 Å². The molecule has 0 spiro atoms. The van der Waals surface area contributed by atoms with E-state index in [1.54, 1.807) is 34.9 Å². The van der Waals surface area contributed by atoms with Gasteiger partial charge in [0.15, 0.2) is 0 Å². The number of carbonyl (C=O) groups excluding carboxylic acids is 1. The molecule has 0 fully saturated rings. The molecule has 2 N–H and O–H groups in total. The van der Waals surface area contributed by atoms with Crippen LogP contribution in [-0.4, -0.2) is 57.9 Å². The molecule has 0 saturated carbocycles. The maximum atomic E-state index is 13.4. The van der Waals surface area contributed by atoms with E-state index >= 15 is 0 Å². The van der Waals surface area contributed by atoms with E-state index in [9.17, 15) is 9.59 Å². The SMILES string of the molecule is COC(=O)Nc1ccc(-c2nc([C@@H]3CCc4nc(-c5cc(Cl)ccc5-n5cnnn5)cc(=O)n43)[nH]c2Cl)cn1. The highest BCUT2D eigenvalue weighted by molar-refractivity contribution is 6.32. The first kappa shape index (κ1) is 24.7. The summed E-state index contributed by atoms with van der Waals surface area (Å²) in [4.78, 5) is 41.6. The number of nitrogens with one attached hydrogen (secondary N) is 2. The van der Waals surface area contributed by atoms with Gasteiger partial charge in [0.2, 0.25) is 0 Å². The number of rotatable bonds is 5. The number of hydrogen-bond donors (Lipinski definition) is 2. The fraction of sp³-hybridized carbons (Fsp3) is 0.167. The minimum absolute atomic E-state index is 0.242. The molecule has 1 atom stereocenters. The van der Waals surface area contributed by atoms with Crippen molar-refractivity contribution in [3.8, 4) is 28.2 Å². The lowest BCUT2D eigenvalue weighted by molar-refractivity contribution is 0.187. The molecule has 15 heteroatoms. The number of H-pyrrole nitrogens is 1.